The van der Waals surface area contributed by atoms with Gasteiger partial charge in [0.25, 0.3) is 0 Å². The monoisotopic (exact) mass is 225 g/mol. The summed E-state index contributed by atoms with van der Waals surface area (Å²) in [6.45, 7) is 3.93. The Morgan fingerprint density at radius 2 is 1.76 bits per heavy atom. The molecule has 0 spiro atoms. The highest BCUT2D eigenvalue weighted by molar-refractivity contribution is 5.66. The van der Waals surface area contributed by atoms with Crippen LogP contribution in [0.3, 0.4) is 0 Å². The SMILES string of the molecule is CCc1nc(C)nc(/C=C/c2ccccc2)n1. The minimum Gasteiger partial charge on any atom is -0.218 e. The Bertz CT molecular complexity index is 518. The van der Waals surface area contributed by atoms with Gasteiger partial charge in [0.1, 0.15) is 11.6 Å². The minimum atomic E-state index is 0.721. The van der Waals surface area contributed by atoms with Crippen LogP contribution in [0.5, 0.6) is 0 Å². The smallest absolute Gasteiger partial charge is 0.156 e. The van der Waals surface area contributed by atoms with Crippen LogP contribution >= 0.6 is 0 Å². The van der Waals surface area contributed by atoms with Crippen molar-refractivity contribution < 1.29 is 0 Å². The maximum Gasteiger partial charge on any atom is 0.156 e. The second-order valence-electron chi connectivity index (χ2n) is 3.75. The van der Waals surface area contributed by atoms with Gasteiger partial charge in [-0.2, -0.15) is 0 Å². The average Bonchev–Trinajstić information content (AvgIpc) is 2.37. The molecule has 0 N–H and O–H groups in total. The Kier molecular flexibility index (Phi) is 3.60. The minimum absolute atomic E-state index is 0.721. The average molecular weight is 225 g/mol. The van der Waals surface area contributed by atoms with E-state index < -0.39 is 0 Å². The van der Waals surface area contributed by atoms with Gasteiger partial charge in [0, 0.05) is 6.42 Å². The van der Waals surface area contributed by atoms with E-state index in [9.17, 15) is 0 Å². The number of benzene rings is 1. The van der Waals surface area contributed by atoms with Gasteiger partial charge in [0.05, 0.1) is 0 Å². The summed E-state index contributed by atoms with van der Waals surface area (Å²) in [5.74, 6) is 2.33. The molecule has 2 aromatic rings. The Labute approximate surface area is 101 Å². The number of rotatable bonds is 3. The predicted molar refractivity (Wildman–Crippen MR) is 69.3 cm³/mol. The highest BCUT2D eigenvalue weighted by Crippen LogP contribution is 2.05. The summed E-state index contributed by atoms with van der Waals surface area (Å²) in [6, 6.07) is 10.1. The van der Waals surface area contributed by atoms with E-state index >= 15 is 0 Å². The largest absolute Gasteiger partial charge is 0.218 e. The predicted octanol–water partition coefficient (Wildman–Crippen LogP) is 2.91. The van der Waals surface area contributed by atoms with Crippen molar-refractivity contribution in [3.8, 4) is 0 Å². The molecule has 1 heterocycles. The van der Waals surface area contributed by atoms with Gasteiger partial charge in [-0.25, -0.2) is 15.0 Å². The van der Waals surface area contributed by atoms with Crippen molar-refractivity contribution in [2.75, 3.05) is 0 Å². The van der Waals surface area contributed by atoms with Crippen LogP contribution in [0.4, 0.5) is 0 Å². The fourth-order valence-corrected chi connectivity index (χ4v) is 1.53. The maximum absolute atomic E-state index is 4.36. The van der Waals surface area contributed by atoms with Gasteiger partial charge >= 0.3 is 0 Å². The van der Waals surface area contributed by atoms with Gasteiger partial charge < -0.3 is 0 Å². The zero-order chi connectivity index (χ0) is 12.1. The summed E-state index contributed by atoms with van der Waals surface area (Å²) in [7, 11) is 0. The first-order valence-electron chi connectivity index (χ1n) is 5.72. The first-order valence-corrected chi connectivity index (χ1v) is 5.72. The van der Waals surface area contributed by atoms with Gasteiger partial charge in [-0.3, -0.25) is 0 Å². The van der Waals surface area contributed by atoms with Gasteiger partial charge in [0.2, 0.25) is 0 Å². The van der Waals surface area contributed by atoms with Crippen molar-refractivity contribution in [1.29, 1.82) is 0 Å². The molecule has 3 heteroatoms. The first kappa shape index (κ1) is 11.5. The van der Waals surface area contributed by atoms with E-state index in [1.807, 2.05) is 56.3 Å². The number of aromatic nitrogens is 3. The third-order valence-electron chi connectivity index (χ3n) is 2.35. The molecule has 0 bridgehead atoms. The van der Waals surface area contributed by atoms with Crippen LogP contribution in [-0.2, 0) is 6.42 Å². The van der Waals surface area contributed by atoms with Crippen molar-refractivity contribution in [3.63, 3.8) is 0 Å². The molecule has 0 aliphatic heterocycles. The van der Waals surface area contributed by atoms with E-state index in [1.165, 1.54) is 0 Å². The molecule has 1 aromatic heterocycles. The van der Waals surface area contributed by atoms with Gasteiger partial charge in [-0.15, -0.1) is 0 Å². The van der Waals surface area contributed by atoms with Gasteiger partial charge in [0.15, 0.2) is 5.82 Å². The molecule has 0 unspecified atom stereocenters. The summed E-state index contributed by atoms with van der Waals surface area (Å²) >= 11 is 0. The maximum atomic E-state index is 4.36. The molecule has 2 rings (SSSR count). The highest BCUT2D eigenvalue weighted by Gasteiger charge is 1.98. The molecule has 17 heavy (non-hydrogen) atoms. The molecular weight excluding hydrogens is 210 g/mol. The molecular formula is C14H15N3. The molecule has 0 saturated heterocycles. The Morgan fingerprint density at radius 1 is 1.00 bits per heavy atom. The Balaban J connectivity index is 2.24. The lowest BCUT2D eigenvalue weighted by atomic mass is 10.2. The summed E-state index contributed by atoms with van der Waals surface area (Å²) in [6.07, 6.45) is 4.76. The molecule has 3 nitrogen and oxygen atoms in total. The number of hydrogen-bond donors (Lipinski definition) is 0. The topological polar surface area (TPSA) is 38.7 Å². The van der Waals surface area contributed by atoms with Crippen molar-refractivity contribution in [2.45, 2.75) is 20.3 Å². The van der Waals surface area contributed by atoms with E-state index in [4.69, 9.17) is 0 Å². The molecule has 0 radical (unpaired) electrons. The second-order valence-corrected chi connectivity index (χ2v) is 3.75. The molecule has 0 saturated carbocycles. The molecule has 1 aromatic carbocycles. The standard InChI is InChI=1S/C14H15N3/c1-3-13-15-11(2)16-14(17-13)10-9-12-7-5-4-6-8-12/h4-10H,3H2,1-2H3/b10-9+. The molecule has 0 aliphatic rings. The van der Waals surface area contributed by atoms with Crippen LogP contribution in [0.1, 0.15) is 30.0 Å². The quantitative estimate of drug-likeness (QED) is 0.806. The van der Waals surface area contributed by atoms with E-state index in [1.54, 1.807) is 0 Å². The third-order valence-corrected chi connectivity index (χ3v) is 2.35. The van der Waals surface area contributed by atoms with Crippen molar-refractivity contribution >= 4 is 12.2 Å². The normalized spacial score (nSPS) is 10.9. The number of nitrogens with zero attached hydrogens (tertiary/aromatic N) is 3. The fraction of sp³-hybridized carbons (Fsp3) is 0.214. The second kappa shape index (κ2) is 5.34. The fourth-order valence-electron chi connectivity index (χ4n) is 1.53. The summed E-state index contributed by atoms with van der Waals surface area (Å²) in [5, 5.41) is 0. The highest BCUT2D eigenvalue weighted by atomic mass is 15.0. The molecule has 0 fully saturated rings. The lowest BCUT2D eigenvalue weighted by Crippen LogP contribution is -2.01. The molecule has 0 atom stereocenters. The zero-order valence-corrected chi connectivity index (χ0v) is 10.1. The van der Waals surface area contributed by atoms with Crippen LogP contribution in [0.2, 0.25) is 0 Å². The Morgan fingerprint density at radius 3 is 2.47 bits per heavy atom. The van der Waals surface area contributed by atoms with Crippen molar-refractivity contribution in [3.05, 3.63) is 53.4 Å². The van der Waals surface area contributed by atoms with Gasteiger partial charge in [-0.1, -0.05) is 43.3 Å². The van der Waals surface area contributed by atoms with Crippen LogP contribution < -0.4 is 0 Å². The van der Waals surface area contributed by atoms with Crippen LogP contribution in [0, 0.1) is 6.92 Å². The number of aryl methyl sites for hydroxylation is 2. The van der Waals surface area contributed by atoms with E-state index in [0.717, 1.165) is 29.5 Å². The third kappa shape index (κ3) is 3.21. The summed E-state index contributed by atoms with van der Waals surface area (Å²) < 4.78 is 0. The number of hydrogen-bond acceptors (Lipinski definition) is 3. The Hall–Kier alpha value is -2.03. The summed E-state index contributed by atoms with van der Waals surface area (Å²) in [5.41, 5.74) is 1.14. The van der Waals surface area contributed by atoms with Crippen molar-refractivity contribution in [2.24, 2.45) is 0 Å². The van der Waals surface area contributed by atoms with Crippen LogP contribution in [0.25, 0.3) is 12.2 Å². The van der Waals surface area contributed by atoms with E-state index in [-0.39, 0.29) is 0 Å². The first-order chi connectivity index (χ1) is 8.28. The van der Waals surface area contributed by atoms with E-state index in [2.05, 4.69) is 15.0 Å². The van der Waals surface area contributed by atoms with Crippen LogP contribution in [-0.4, -0.2) is 15.0 Å². The molecule has 0 aliphatic carbocycles. The zero-order valence-electron chi connectivity index (χ0n) is 10.1. The lowest BCUT2D eigenvalue weighted by Gasteiger charge is -1.99. The lowest BCUT2D eigenvalue weighted by molar-refractivity contribution is 0.854. The molecule has 0 amide bonds. The van der Waals surface area contributed by atoms with Crippen molar-refractivity contribution in [1.82, 2.24) is 15.0 Å². The van der Waals surface area contributed by atoms with Crippen LogP contribution in [0.15, 0.2) is 30.3 Å². The van der Waals surface area contributed by atoms with E-state index in [0.29, 0.717) is 0 Å². The summed E-state index contributed by atoms with van der Waals surface area (Å²) in [4.78, 5) is 12.9. The molecule has 86 valence electrons. The van der Waals surface area contributed by atoms with Gasteiger partial charge in [-0.05, 0) is 18.6 Å².